The Morgan fingerprint density at radius 1 is 1.45 bits per heavy atom. The molecule has 1 aliphatic rings. The molecule has 0 spiro atoms. The lowest BCUT2D eigenvalue weighted by Gasteiger charge is -2.36. The van der Waals surface area contributed by atoms with Gasteiger partial charge in [-0.1, -0.05) is 13.0 Å². The molecule has 0 saturated carbocycles. The fourth-order valence-electron chi connectivity index (χ4n) is 3.03. The highest BCUT2D eigenvalue weighted by Gasteiger charge is 2.27. The Labute approximate surface area is 121 Å². The number of aliphatic hydroxyl groups is 1. The third-order valence-electron chi connectivity index (χ3n) is 4.11. The molecule has 3 N–H and O–H groups in total. The van der Waals surface area contributed by atoms with Crippen LogP contribution in [0.15, 0.2) is 18.2 Å². The number of anilines is 1. The topological polar surface area (TPSA) is 58.7 Å². The zero-order valence-corrected chi connectivity index (χ0v) is 12.5. The van der Waals surface area contributed by atoms with Crippen molar-refractivity contribution in [2.24, 2.45) is 5.92 Å². The summed E-state index contributed by atoms with van der Waals surface area (Å²) in [7, 11) is 1.62. The minimum absolute atomic E-state index is 0.202. The van der Waals surface area contributed by atoms with Gasteiger partial charge in [0.05, 0.1) is 18.9 Å². The van der Waals surface area contributed by atoms with Crippen molar-refractivity contribution in [2.45, 2.75) is 32.3 Å². The third-order valence-corrected chi connectivity index (χ3v) is 4.11. The van der Waals surface area contributed by atoms with Crippen LogP contribution in [-0.4, -0.2) is 42.9 Å². The van der Waals surface area contributed by atoms with Crippen molar-refractivity contribution in [1.82, 2.24) is 4.90 Å². The largest absolute Gasteiger partial charge is 0.495 e. The number of nitrogens with two attached hydrogens (primary N) is 1. The van der Waals surface area contributed by atoms with Gasteiger partial charge in [0.1, 0.15) is 5.75 Å². The highest BCUT2D eigenvalue weighted by atomic mass is 16.5. The maximum atomic E-state index is 10.2. The smallest absolute Gasteiger partial charge is 0.141 e. The SMILES string of the molecule is CCCN1CCC(O)C(Cc2ccc(OC)c(N)c2)C1. The molecule has 0 radical (unpaired) electrons. The van der Waals surface area contributed by atoms with Crippen LogP contribution in [-0.2, 0) is 6.42 Å². The van der Waals surface area contributed by atoms with E-state index >= 15 is 0 Å². The summed E-state index contributed by atoms with van der Waals surface area (Å²) in [6, 6.07) is 5.91. The first-order valence-electron chi connectivity index (χ1n) is 7.46. The van der Waals surface area contributed by atoms with E-state index in [1.54, 1.807) is 7.11 Å². The number of aliphatic hydroxyl groups excluding tert-OH is 1. The number of nitrogens with zero attached hydrogens (tertiary/aromatic N) is 1. The van der Waals surface area contributed by atoms with Crippen LogP contribution in [0, 0.1) is 5.92 Å². The van der Waals surface area contributed by atoms with Gasteiger partial charge in [0.25, 0.3) is 0 Å². The van der Waals surface area contributed by atoms with Gasteiger partial charge in [-0.3, -0.25) is 0 Å². The Hall–Kier alpha value is -1.26. The van der Waals surface area contributed by atoms with E-state index in [0.717, 1.165) is 38.9 Å². The molecule has 1 saturated heterocycles. The summed E-state index contributed by atoms with van der Waals surface area (Å²) in [6.45, 7) is 5.30. The number of nitrogen functional groups attached to an aromatic ring is 1. The molecule has 0 bridgehead atoms. The number of hydrogen-bond donors (Lipinski definition) is 2. The molecule has 1 aromatic carbocycles. The van der Waals surface area contributed by atoms with Crippen LogP contribution in [0.25, 0.3) is 0 Å². The molecule has 4 nitrogen and oxygen atoms in total. The highest BCUT2D eigenvalue weighted by Crippen LogP contribution is 2.26. The van der Waals surface area contributed by atoms with Crippen LogP contribution in [0.1, 0.15) is 25.3 Å². The van der Waals surface area contributed by atoms with E-state index in [9.17, 15) is 5.11 Å². The molecule has 2 unspecified atom stereocenters. The molecule has 2 rings (SSSR count). The lowest BCUT2D eigenvalue weighted by Crippen LogP contribution is -2.44. The third kappa shape index (κ3) is 3.64. The summed E-state index contributed by atoms with van der Waals surface area (Å²) in [4.78, 5) is 2.45. The van der Waals surface area contributed by atoms with Gasteiger partial charge in [-0.2, -0.15) is 0 Å². The van der Waals surface area contributed by atoms with Crippen molar-refractivity contribution >= 4 is 5.69 Å². The molecular weight excluding hydrogens is 252 g/mol. The lowest BCUT2D eigenvalue weighted by atomic mass is 9.88. The van der Waals surface area contributed by atoms with E-state index in [-0.39, 0.29) is 6.10 Å². The van der Waals surface area contributed by atoms with Crippen molar-refractivity contribution in [3.63, 3.8) is 0 Å². The average molecular weight is 278 g/mol. The molecule has 1 fully saturated rings. The molecule has 4 heteroatoms. The number of rotatable bonds is 5. The van der Waals surface area contributed by atoms with Gasteiger partial charge in [0.2, 0.25) is 0 Å². The number of hydrogen-bond acceptors (Lipinski definition) is 4. The van der Waals surface area contributed by atoms with Crippen LogP contribution in [0.3, 0.4) is 0 Å². The monoisotopic (exact) mass is 278 g/mol. The Kier molecular flexibility index (Phi) is 5.26. The molecule has 1 aromatic rings. The maximum Gasteiger partial charge on any atom is 0.141 e. The summed E-state index contributed by atoms with van der Waals surface area (Å²) in [5.41, 5.74) is 7.79. The molecule has 1 heterocycles. The molecule has 2 atom stereocenters. The second-order valence-corrected chi connectivity index (χ2v) is 5.70. The minimum Gasteiger partial charge on any atom is -0.495 e. The minimum atomic E-state index is -0.202. The molecule has 1 aliphatic heterocycles. The van der Waals surface area contributed by atoms with Crippen LogP contribution in [0.5, 0.6) is 5.75 Å². The van der Waals surface area contributed by atoms with Crippen molar-refractivity contribution < 1.29 is 9.84 Å². The van der Waals surface area contributed by atoms with Gasteiger partial charge in [0.15, 0.2) is 0 Å². The van der Waals surface area contributed by atoms with E-state index in [0.29, 0.717) is 17.4 Å². The van der Waals surface area contributed by atoms with Crippen molar-refractivity contribution in [1.29, 1.82) is 0 Å². The number of benzene rings is 1. The first kappa shape index (κ1) is 15.1. The summed E-state index contributed by atoms with van der Waals surface area (Å²) in [5.74, 6) is 1.01. The predicted octanol–water partition coefficient (Wildman–Crippen LogP) is 1.91. The quantitative estimate of drug-likeness (QED) is 0.808. The molecule has 0 aliphatic carbocycles. The maximum absolute atomic E-state index is 10.2. The lowest BCUT2D eigenvalue weighted by molar-refractivity contribution is 0.0270. The Bertz CT molecular complexity index is 436. The number of piperidine rings is 1. The summed E-state index contributed by atoms with van der Waals surface area (Å²) in [5, 5.41) is 10.2. The van der Waals surface area contributed by atoms with Crippen molar-refractivity contribution in [3.05, 3.63) is 23.8 Å². The average Bonchev–Trinajstić information content (AvgIpc) is 2.43. The van der Waals surface area contributed by atoms with Gasteiger partial charge < -0.3 is 20.5 Å². The fraction of sp³-hybridized carbons (Fsp3) is 0.625. The molecule has 0 amide bonds. The first-order valence-corrected chi connectivity index (χ1v) is 7.46. The molecule has 112 valence electrons. The second kappa shape index (κ2) is 6.95. The summed E-state index contributed by atoms with van der Waals surface area (Å²) >= 11 is 0. The van der Waals surface area contributed by atoms with Gasteiger partial charge in [-0.05, 0) is 43.5 Å². The molecule has 20 heavy (non-hydrogen) atoms. The standard InChI is InChI=1S/C16H26N2O2/c1-3-7-18-8-6-15(19)13(11-18)9-12-4-5-16(20-2)14(17)10-12/h4-5,10,13,15,19H,3,6-9,11,17H2,1-2H3. The Morgan fingerprint density at radius 2 is 2.25 bits per heavy atom. The van der Waals surface area contributed by atoms with E-state index < -0.39 is 0 Å². The Balaban J connectivity index is 2.02. The number of likely N-dealkylation sites (tertiary alicyclic amines) is 1. The number of ether oxygens (including phenoxy) is 1. The Morgan fingerprint density at radius 3 is 2.90 bits per heavy atom. The van der Waals surface area contributed by atoms with Crippen molar-refractivity contribution in [2.75, 3.05) is 32.5 Å². The van der Waals surface area contributed by atoms with E-state index in [2.05, 4.69) is 11.8 Å². The van der Waals surface area contributed by atoms with E-state index in [4.69, 9.17) is 10.5 Å². The fourth-order valence-corrected chi connectivity index (χ4v) is 3.03. The summed E-state index contributed by atoms with van der Waals surface area (Å²) < 4.78 is 5.18. The van der Waals surface area contributed by atoms with E-state index in [1.807, 2.05) is 18.2 Å². The van der Waals surface area contributed by atoms with Gasteiger partial charge in [-0.15, -0.1) is 0 Å². The molecule has 0 aromatic heterocycles. The van der Waals surface area contributed by atoms with Gasteiger partial charge in [0, 0.05) is 19.0 Å². The second-order valence-electron chi connectivity index (χ2n) is 5.70. The van der Waals surface area contributed by atoms with Crippen molar-refractivity contribution in [3.8, 4) is 5.75 Å². The van der Waals surface area contributed by atoms with E-state index in [1.165, 1.54) is 5.56 Å². The number of methoxy groups -OCH3 is 1. The molecular formula is C16H26N2O2. The summed E-state index contributed by atoms with van der Waals surface area (Å²) in [6.07, 6.45) is 2.70. The zero-order chi connectivity index (χ0) is 14.5. The van der Waals surface area contributed by atoms with Crippen LogP contribution < -0.4 is 10.5 Å². The van der Waals surface area contributed by atoms with Crippen LogP contribution >= 0.6 is 0 Å². The van der Waals surface area contributed by atoms with Gasteiger partial charge in [-0.25, -0.2) is 0 Å². The first-order chi connectivity index (χ1) is 9.63. The normalized spacial score (nSPS) is 23.8. The highest BCUT2D eigenvalue weighted by molar-refractivity contribution is 5.54. The zero-order valence-electron chi connectivity index (χ0n) is 12.5. The van der Waals surface area contributed by atoms with Gasteiger partial charge >= 0.3 is 0 Å². The van der Waals surface area contributed by atoms with Crippen LogP contribution in [0.4, 0.5) is 5.69 Å². The van der Waals surface area contributed by atoms with Crippen LogP contribution in [0.2, 0.25) is 0 Å². The predicted molar refractivity (Wildman–Crippen MR) is 82.0 cm³/mol.